The van der Waals surface area contributed by atoms with Crippen molar-refractivity contribution in [2.45, 2.75) is 46.3 Å². The number of nitrogens with one attached hydrogen (secondary N) is 1. The van der Waals surface area contributed by atoms with E-state index in [9.17, 15) is 14.7 Å². The Labute approximate surface area is 156 Å². The molecule has 0 saturated carbocycles. The lowest BCUT2D eigenvalue weighted by atomic mass is 10.1. The Morgan fingerprint density at radius 2 is 1.96 bits per heavy atom. The molecule has 1 heterocycles. The monoisotopic (exact) mass is 412 g/mol. The molecular formula is C18H25BrN2O4. The highest BCUT2D eigenvalue weighted by molar-refractivity contribution is 9.10. The molecule has 2 atom stereocenters. The smallest absolute Gasteiger partial charge is 0.410 e. The first-order valence-electron chi connectivity index (χ1n) is 8.38. The first-order valence-corrected chi connectivity index (χ1v) is 9.17. The number of carbonyl (C=O) groups is 2. The van der Waals surface area contributed by atoms with Crippen molar-refractivity contribution in [2.24, 2.45) is 5.92 Å². The van der Waals surface area contributed by atoms with Crippen molar-refractivity contribution in [1.29, 1.82) is 0 Å². The minimum Gasteiger partial charge on any atom is -0.449 e. The largest absolute Gasteiger partial charge is 0.449 e. The fourth-order valence-corrected chi connectivity index (χ4v) is 3.59. The summed E-state index contributed by atoms with van der Waals surface area (Å²) in [5.41, 5.74) is 2.57. The molecule has 138 valence electrons. The van der Waals surface area contributed by atoms with E-state index < -0.39 is 18.2 Å². The highest BCUT2D eigenvalue weighted by atomic mass is 79.9. The van der Waals surface area contributed by atoms with Gasteiger partial charge < -0.3 is 15.2 Å². The predicted molar refractivity (Wildman–Crippen MR) is 99.5 cm³/mol. The van der Waals surface area contributed by atoms with Crippen LogP contribution in [0, 0.1) is 19.8 Å². The SMILES string of the molecule is Cc1cc(Br)cc(C)c1NC(=O)[C@@H]1C[C@H](O)CN1C(=O)OCC(C)C. The lowest BCUT2D eigenvalue weighted by Gasteiger charge is -2.24. The van der Waals surface area contributed by atoms with Crippen LogP contribution in [0.1, 0.15) is 31.4 Å². The maximum absolute atomic E-state index is 12.7. The summed E-state index contributed by atoms with van der Waals surface area (Å²) >= 11 is 3.43. The van der Waals surface area contributed by atoms with E-state index in [-0.39, 0.29) is 31.4 Å². The van der Waals surface area contributed by atoms with Crippen molar-refractivity contribution in [2.75, 3.05) is 18.5 Å². The van der Waals surface area contributed by atoms with Crippen molar-refractivity contribution in [3.05, 3.63) is 27.7 Å². The van der Waals surface area contributed by atoms with Crippen molar-refractivity contribution < 1.29 is 19.4 Å². The molecule has 1 aromatic rings. The van der Waals surface area contributed by atoms with Crippen molar-refractivity contribution in [3.8, 4) is 0 Å². The summed E-state index contributed by atoms with van der Waals surface area (Å²) in [4.78, 5) is 26.3. The van der Waals surface area contributed by atoms with Gasteiger partial charge in [-0.15, -0.1) is 0 Å². The zero-order chi connectivity index (χ0) is 18.7. The zero-order valence-corrected chi connectivity index (χ0v) is 16.6. The summed E-state index contributed by atoms with van der Waals surface area (Å²) in [6.45, 7) is 8.08. The highest BCUT2D eigenvalue weighted by Crippen LogP contribution is 2.27. The van der Waals surface area contributed by atoms with Gasteiger partial charge in [-0.3, -0.25) is 9.69 Å². The number of aliphatic hydroxyl groups is 1. The van der Waals surface area contributed by atoms with Crippen molar-refractivity contribution in [3.63, 3.8) is 0 Å². The molecular weight excluding hydrogens is 388 g/mol. The van der Waals surface area contributed by atoms with Crippen LogP contribution in [0.4, 0.5) is 10.5 Å². The summed E-state index contributed by atoms with van der Waals surface area (Å²) in [5.74, 6) is -0.108. The van der Waals surface area contributed by atoms with Gasteiger partial charge in [0.15, 0.2) is 0 Å². The molecule has 1 aliphatic heterocycles. The minimum atomic E-state index is -0.739. The van der Waals surface area contributed by atoms with Gasteiger partial charge in [0.25, 0.3) is 0 Å². The van der Waals surface area contributed by atoms with Gasteiger partial charge in [0.1, 0.15) is 6.04 Å². The topological polar surface area (TPSA) is 78.9 Å². The van der Waals surface area contributed by atoms with Crippen LogP contribution in [0.25, 0.3) is 0 Å². The molecule has 0 aliphatic carbocycles. The van der Waals surface area contributed by atoms with Crippen LogP contribution in [0.15, 0.2) is 16.6 Å². The van der Waals surface area contributed by atoms with Gasteiger partial charge in [0.05, 0.1) is 19.3 Å². The quantitative estimate of drug-likeness (QED) is 0.795. The zero-order valence-electron chi connectivity index (χ0n) is 15.0. The molecule has 0 unspecified atom stereocenters. The average molecular weight is 413 g/mol. The van der Waals surface area contributed by atoms with Crippen LogP contribution >= 0.6 is 15.9 Å². The molecule has 0 radical (unpaired) electrons. The third-order valence-electron chi connectivity index (χ3n) is 4.10. The van der Waals surface area contributed by atoms with E-state index in [2.05, 4.69) is 21.2 Å². The van der Waals surface area contributed by atoms with E-state index in [0.29, 0.717) is 0 Å². The number of amides is 2. The molecule has 1 saturated heterocycles. The van der Waals surface area contributed by atoms with Crippen LogP contribution in [0.5, 0.6) is 0 Å². The van der Waals surface area contributed by atoms with Gasteiger partial charge >= 0.3 is 6.09 Å². The first kappa shape index (κ1) is 19.7. The molecule has 1 aliphatic rings. The van der Waals surface area contributed by atoms with Crippen LogP contribution in [0.3, 0.4) is 0 Å². The van der Waals surface area contributed by atoms with E-state index in [1.54, 1.807) is 0 Å². The second-order valence-electron chi connectivity index (χ2n) is 6.93. The third-order valence-corrected chi connectivity index (χ3v) is 4.56. The number of halogens is 1. The number of ether oxygens (including phenoxy) is 1. The molecule has 2 amide bonds. The third kappa shape index (κ3) is 4.95. The maximum atomic E-state index is 12.7. The van der Waals surface area contributed by atoms with Gasteiger partial charge in [-0.25, -0.2) is 4.79 Å². The van der Waals surface area contributed by atoms with Gasteiger partial charge in [-0.2, -0.15) is 0 Å². The normalized spacial score (nSPS) is 20.0. The molecule has 7 heteroatoms. The summed E-state index contributed by atoms with van der Waals surface area (Å²) in [7, 11) is 0. The molecule has 25 heavy (non-hydrogen) atoms. The number of hydrogen-bond acceptors (Lipinski definition) is 4. The Balaban J connectivity index is 2.12. The van der Waals surface area contributed by atoms with Crippen LogP contribution in [-0.2, 0) is 9.53 Å². The van der Waals surface area contributed by atoms with Crippen molar-refractivity contribution >= 4 is 33.6 Å². The van der Waals surface area contributed by atoms with E-state index in [1.165, 1.54) is 4.90 Å². The Morgan fingerprint density at radius 1 is 1.36 bits per heavy atom. The molecule has 0 spiro atoms. The standard InChI is InChI=1S/C18H25BrN2O4/c1-10(2)9-25-18(24)21-8-14(22)7-15(21)17(23)20-16-11(3)5-13(19)6-12(16)4/h5-6,10,14-15,22H,7-9H2,1-4H3,(H,20,23)/t14-,15-/m0/s1. The van der Waals surface area contributed by atoms with Crippen LogP contribution < -0.4 is 5.32 Å². The second kappa shape index (κ2) is 8.19. The Kier molecular flexibility index (Phi) is 6.46. The molecule has 1 fully saturated rings. The molecule has 0 bridgehead atoms. The fourth-order valence-electron chi connectivity index (χ4n) is 2.90. The number of β-amino-alcohol motifs (C(OH)–C–C–N with tert-alkyl or cyclic N) is 1. The number of carbonyl (C=O) groups excluding carboxylic acids is 2. The number of nitrogens with zero attached hydrogens (tertiary/aromatic N) is 1. The first-order chi connectivity index (χ1) is 11.7. The number of aliphatic hydroxyl groups excluding tert-OH is 1. The lowest BCUT2D eigenvalue weighted by Crippen LogP contribution is -2.44. The van der Waals surface area contributed by atoms with E-state index in [4.69, 9.17) is 4.74 Å². The van der Waals surface area contributed by atoms with Gasteiger partial charge in [0, 0.05) is 16.6 Å². The Hall–Kier alpha value is -1.60. The Bertz CT molecular complexity index is 639. The van der Waals surface area contributed by atoms with Gasteiger partial charge in [0.2, 0.25) is 5.91 Å². The van der Waals surface area contributed by atoms with Gasteiger partial charge in [-0.05, 0) is 43.0 Å². The second-order valence-corrected chi connectivity index (χ2v) is 7.85. The fraction of sp³-hybridized carbons (Fsp3) is 0.556. The molecule has 6 nitrogen and oxygen atoms in total. The number of likely N-dealkylation sites (tertiary alicyclic amines) is 1. The summed E-state index contributed by atoms with van der Waals surface area (Å²) < 4.78 is 6.16. The Morgan fingerprint density at radius 3 is 2.52 bits per heavy atom. The molecule has 2 rings (SSSR count). The molecule has 0 aromatic heterocycles. The summed E-state index contributed by atoms with van der Waals surface area (Å²) in [6, 6.07) is 3.10. The van der Waals surface area contributed by atoms with E-state index in [0.717, 1.165) is 21.3 Å². The van der Waals surface area contributed by atoms with Gasteiger partial charge in [-0.1, -0.05) is 29.8 Å². The number of anilines is 1. The van der Waals surface area contributed by atoms with Crippen LogP contribution in [-0.4, -0.2) is 47.3 Å². The lowest BCUT2D eigenvalue weighted by molar-refractivity contribution is -0.120. The molecule has 2 N–H and O–H groups in total. The maximum Gasteiger partial charge on any atom is 0.410 e. The van der Waals surface area contributed by atoms with E-state index >= 15 is 0 Å². The number of aryl methyl sites for hydroxylation is 2. The summed E-state index contributed by atoms with van der Waals surface area (Å²) in [5, 5.41) is 12.8. The van der Waals surface area contributed by atoms with Crippen LogP contribution in [0.2, 0.25) is 0 Å². The average Bonchev–Trinajstić information content (AvgIpc) is 2.90. The number of hydrogen-bond donors (Lipinski definition) is 2. The summed E-state index contributed by atoms with van der Waals surface area (Å²) in [6.07, 6.45) is -1.08. The molecule has 1 aromatic carbocycles. The highest BCUT2D eigenvalue weighted by Gasteiger charge is 2.40. The van der Waals surface area contributed by atoms with Crippen molar-refractivity contribution in [1.82, 2.24) is 4.90 Å². The minimum absolute atomic E-state index is 0.104. The predicted octanol–water partition coefficient (Wildman–Crippen LogP) is 3.23. The van der Waals surface area contributed by atoms with E-state index in [1.807, 2.05) is 39.8 Å². The number of benzene rings is 1. The number of rotatable bonds is 4.